The van der Waals surface area contributed by atoms with Crippen molar-refractivity contribution in [2.75, 3.05) is 13.7 Å². The molecular formula is C17H19ClN2O3. The van der Waals surface area contributed by atoms with Crippen molar-refractivity contribution in [1.82, 2.24) is 10.3 Å². The van der Waals surface area contributed by atoms with Gasteiger partial charge in [-0.3, -0.25) is 9.78 Å². The molecule has 1 heterocycles. The van der Waals surface area contributed by atoms with Gasteiger partial charge in [-0.2, -0.15) is 0 Å². The third-order valence-corrected chi connectivity index (χ3v) is 3.61. The first-order valence-electron chi connectivity index (χ1n) is 7.28. The summed E-state index contributed by atoms with van der Waals surface area (Å²) < 4.78 is 10.7. The van der Waals surface area contributed by atoms with E-state index in [2.05, 4.69) is 10.3 Å². The number of methoxy groups -OCH3 is 1. The van der Waals surface area contributed by atoms with E-state index in [0.29, 0.717) is 28.7 Å². The maximum absolute atomic E-state index is 12.4. The number of halogens is 1. The molecule has 0 spiro atoms. The second-order valence-electron chi connectivity index (χ2n) is 4.90. The van der Waals surface area contributed by atoms with Crippen LogP contribution in [0.2, 0.25) is 5.02 Å². The summed E-state index contributed by atoms with van der Waals surface area (Å²) in [6.45, 7) is 4.22. The van der Waals surface area contributed by atoms with E-state index in [9.17, 15) is 4.79 Å². The Labute approximate surface area is 140 Å². The van der Waals surface area contributed by atoms with Crippen LogP contribution in [0.3, 0.4) is 0 Å². The maximum Gasteiger partial charge on any atom is 0.251 e. The molecule has 122 valence electrons. The predicted octanol–water partition coefficient (Wildman–Crippen LogP) is 3.63. The second-order valence-corrected chi connectivity index (χ2v) is 5.31. The van der Waals surface area contributed by atoms with Crippen molar-refractivity contribution >= 4 is 17.5 Å². The Morgan fingerprint density at radius 2 is 2.04 bits per heavy atom. The van der Waals surface area contributed by atoms with E-state index >= 15 is 0 Å². The van der Waals surface area contributed by atoms with Gasteiger partial charge in [0.05, 0.1) is 24.8 Å². The van der Waals surface area contributed by atoms with E-state index in [4.69, 9.17) is 21.1 Å². The van der Waals surface area contributed by atoms with Crippen LogP contribution >= 0.6 is 11.6 Å². The molecule has 0 aliphatic carbocycles. The topological polar surface area (TPSA) is 60.5 Å². The van der Waals surface area contributed by atoms with E-state index in [1.54, 1.807) is 24.5 Å². The number of amides is 1. The van der Waals surface area contributed by atoms with Gasteiger partial charge in [0.25, 0.3) is 5.91 Å². The van der Waals surface area contributed by atoms with Crippen LogP contribution in [0.25, 0.3) is 0 Å². The summed E-state index contributed by atoms with van der Waals surface area (Å²) in [5, 5.41) is 3.26. The number of rotatable bonds is 6. The molecule has 1 amide bonds. The molecule has 5 nitrogen and oxygen atoms in total. The van der Waals surface area contributed by atoms with Crippen molar-refractivity contribution < 1.29 is 14.3 Å². The van der Waals surface area contributed by atoms with Gasteiger partial charge >= 0.3 is 0 Å². The highest BCUT2D eigenvalue weighted by Crippen LogP contribution is 2.36. The zero-order chi connectivity index (χ0) is 16.8. The number of benzene rings is 1. The molecule has 6 heteroatoms. The summed E-state index contributed by atoms with van der Waals surface area (Å²) in [5.74, 6) is 0.633. The van der Waals surface area contributed by atoms with Crippen LogP contribution in [0, 0.1) is 0 Å². The number of carbonyl (C=O) groups is 1. The van der Waals surface area contributed by atoms with Crippen LogP contribution in [0.15, 0.2) is 36.7 Å². The molecule has 1 N–H and O–H groups in total. The number of hydrogen-bond donors (Lipinski definition) is 1. The Morgan fingerprint density at radius 1 is 1.35 bits per heavy atom. The Bertz CT molecular complexity index is 677. The third-order valence-electron chi connectivity index (χ3n) is 3.33. The van der Waals surface area contributed by atoms with Gasteiger partial charge in [-0.1, -0.05) is 11.6 Å². The summed E-state index contributed by atoms with van der Waals surface area (Å²) in [4.78, 5) is 16.4. The maximum atomic E-state index is 12.4. The first-order chi connectivity index (χ1) is 11.1. The van der Waals surface area contributed by atoms with Crippen LogP contribution in [0.5, 0.6) is 11.5 Å². The van der Waals surface area contributed by atoms with Crippen molar-refractivity contribution in [1.29, 1.82) is 0 Å². The minimum absolute atomic E-state index is 0.151. The van der Waals surface area contributed by atoms with Crippen molar-refractivity contribution in [3.8, 4) is 11.5 Å². The largest absolute Gasteiger partial charge is 0.493 e. The van der Waals surface area contributed by atoms with E-state index in [1.807, 2.05) is 26.0 Å². The number of nitrogens with one attached hydrogen (secondary N) is 1. The molecule has 0 saturated heterocycles. The summed E-state index contributed by atoms with van der Waals surface area (Å²) in [7, 11) is 1.51. The van der Waals surface area contributed by atoms with Crippen molar-refractivity contribution in [3.05, 3.63) is 52.8 Å². The second kappa shape index (κ2) is 7.83. The molecule has 0 fully saturated rings. The molecule has 0 saturated carbocycles. The van der Waals surface area contributed by atoms with Gasteiger partial charge in [0.15, 0.2) is 11.5 Å². The van der Waals surface area contributed by atoms with E-state index in [1.165, 1.54) is 7.11 Å². The minimum atomic E-state index is -0.238. The van der Waals surface area contributed by atoms with Crippen LogP contribution < -0.4 is 14.8 Å². The zero-order valence-corrected chi connectivity index (χ0v) is 14.1. The van der Waals surface area contributed by atoms with E-state index in [-0.39, 0.29) is 11.9 Å². The van der Waals surface area contributed by atoms with Crippen molar-refractivity contribution in [2.45, 2.75) is 19.9 Å². The smallest absolute Gasteiger partial charge is 0.251 e. The normalized spacial score (nSPS) is 11.7. The number of ether oxygens (including phenoxy) is 2. The minimum Gasteiger partial charge on any atom is -0.493 e. The summed E-state index contributed by atoms with van der Waals surface area (Å²) in [5.41, 5.74) is 1.38. The highest BCUT2D eigenvalue weighted by Gasteiger charge is 2.17. The van der Waals surface area contributed by atoms with Crippen LogP contribution in [-0.4, -0.2) is 24.6 Å². The number of nitrogens with zero attached hydrogens (tertiary/aromatic N) is 1. The fourth-order valence-corrected chi connectivity index (χ4v) is 2.42. The molecule has 0 radical (unpaired) electrons. The fourth-order valence-electron chi connectivity index (χ4n) is 2.15. The molecule has 1 aromatic heterocycles. The molecule has 0 aliphatic rings. The molecular weight excluding hydrogens is 316 g/mol. The van der Waals surface area contributed by atoms with Gasteiger partial charge < -0.3 is 14.8 Å². The standard InChI is InChI=1S/C17H19ClN2O3/c1-4-23-16-14(18)9-13(10-15(16)22-3)17(21)20-11(2)12-5-7-19-8-6-12/h5-11H,4H2,1-3H3,(H,20,21)/t11-/m0/s1. The van der Waals surface area contributed by atoms with Crippen LogP contribution in [-0.2, 0) is 0 Å². The van der Waals surface area contributed by atoms with E-state index in [0.717, 1.165) is 5.56 Å². The molecule has 2 aromatic rings. The number of carbonyl (C=O) groups excluding carboxylic acids is 1. The number of hydrogen-bond acceptors (Lipinski definition) is 4. The number of pyridine rings is 1. The molecule has 1 atom stereocenters. The Morgan fingerprint density at radius 3 is 2.65 bits per heavy atom. The average molecular weight is 335 g/mol. The van der Waals surface area contributed by atoms with Crippen molar-refractivity contribution in [2.24, 2.45) is 0 Å². The highest BCUT2D eigenvalue weighted by atomic mass is 35.5. The van der Waals surface area contributed by atoms with E-state index < -0.39 is 0 Å². The Hall–Kier alpha value is -2.27. The quantitative estimate of drug-likeness (QED) is 0.876. The van der Waals surface area contributed by atoms with Gasteiger partial charge in [0.1, 0.15) is 0 Å². The van der Waals surface area contributed by atoms with Crippen molar-refractivity contribution in [3.63, 3.8) is 0 Å². The Kier molecular flexibility index (Phi) is 5.82. The summed E-state index contributed by atoms with van der Waals surface area (Å²) >= 11 is 6.20. The van der Waals surface area contributed by atoms with Gasteiger partial charge in [0.2, 0.25) is 0 Å². The molecule has 0 bridgehead atoms. The average Bonchev–Trinajstić information content (AvgIpc) is 2.57. The lowest BCUT2D eigenvalue weighted by atomic mass is 10.1. The SMILES string of the molecule is CCOc1c(Cl)cc(C(=O)N[C@@H](C)c2ccncc2)cc1OC. The molecule has 23 heavy (non-hydrogen) atoms. The zero-order valence-electron chi connectivity index (χ0n) is 13.3. The molecule has 0 aliphatic heterocycles. The summed E-state index contributed by atoms with van der Waals surface area (Å²) in [6.07, 6.45) is 3.38. The Balaban J connectivity index is 2.21. The summed E-state index contributed by atoms with van der Waals surface area (Å²) in [6, 6.07) is 6.75. The molecule has 1 aromatic carbocycles. The van der Waals surface area contributed by atoms with Gasteiger partial charge in [-0.05, 0) is 43.7 Å². The first-order valence-corrected chi connectivity index (χ1v) is 7.65. The lowest BCUT2D eigenvalue weighted by Crippen LogP contribution is -2.26. The van der Waals surface area contributed by atoms with Gasteiger partial charge in [-0.25, -0.2) is 0 Å². The van der Waals surface area contributed by atoms with Gasteiger partial charge in [0, 0.05) is 18.0 Å². The molecule has 0 unspecified atom stereocenters. The number of aromatic nitrogens is 1. The van der Waals surface area contributed by atoms with Gasteiger partial charge in [-0.15, -0.1) is 0 Å². The van der Waals surface area contributed by atoms with Crippen LogP contribution in [0.4, 0.5) is 0 Å². The monoisotopic (exact) mass is 334 g/mol. The highest BCUT2D eigenvalue weighted by molar-refractivity contribution is 6.32. The van der Waals surface area contributed by atoms with Crippen LogP contribution in [0.1, 0.15) is 35.8 Å². The fraction of sp³-hybridized carbons (Fsp3) is 0.294. The predicted molar refractivity (Wildman–Crippen MR) is 89.3 cm³/mol. The first kappa shape index (κ1) is 17.1. The third kappa shape index (κ3) is 4.13. The molecule has 2 rings (SSSR count). The lowest BCUT2D eigenvalue weighted by molar-refractivity contribution is 0.0939. The lowest BCUT2D eigenvalue weighted by Gasteiger charge is -2.16.